The molecule has 0 saturated carbocycles. The minimum absolute atomic E-state index is 0. The summed E-state index contributed by atoms with van der Waals surface area (Å²) in [7, 11) is -4.31. The van der Waals surface area contributed by atoms with E-state index in [0.717, 1.165) is 32.1 Å². The van der Waals surface area contributed by atoms with Crippen molar-refractivity contribution in [3.63, 3.8) is 0 Å². The fourth-order valence-corrected chi connectivity index (χ4v) is 4.73. The number of rotatable bonds is 21. The molecule has 0 aromatic rings. The first-order valence-electron chi connectivity index (χ1n) is 12.0. The van der Waals surface area contributed by atoms with Crippen LogP contribution in [-0.4, -0.2) is 29.4 Å². The van der Waals surface area contributed by atoms with E-state index in [1.165, 1.54) is 70.6 Å². The minimum atomic E-state index is -4.31. The largest absolute Gasteiger partial charge is 1.00 e. The molecule has 2 atom stereocenters. The summed E-state index contributed by atoms with van der Waals surface area (Å²) in [6.45, 7) is 4.30. The fraction of sp³-hybridized carbons (Fsp3) is 1.00. The summed E-state index contributed by atoms with van der Waals surface area (Å²) in [6.07, 6.45) is 19.7. The van der Waals surface area contributed by atoms with Crippen LogP contribution < -0.4 is 51.4 Å². The van der Waals surface area contributed by atoms with Gasteiger partial charge in [0.1, 0.15) is 0 Å². The standard InChI is InChI=1S/C23H48O4S.K/c1-3-5-7-8-9-10-11-12-13-14-15-16-18-19-22(24)21-23(28(25,26)27)20-17-6-4-2;/h22-24H,3-21H2,1-2H3,(H,25,26,27);/q;+1/p-1. The van der Waals surface area contributed by atoms with Gasteiger partial charge >= 0.3 is 51.4 Å². The molecule has 29 heavy (non-hydrogen) atoms. The average molecular weight is 459 g/mol. The summed E-state index contributed by atoms with van der Waals surface area (Å²) in [4.78, 5) is 0. The molecule has 0 aliphatic carbocycles. The van der Waals surface area contributed by atoms with Crippen LogP contribution in [-0.2, 0) is 10.1 Å². The molecular weight excluding hydrogens is 411 g/mol. The third-order valence-electron chi connectivity index (χ3n) is 5.71. The summed E-state index contributed by atoms with van der Waals surface area (Å²) in [5, 5.41) is 9.19. The second-order valence-corrected chi connectivity index (χ2v) is 10.2. The van der Waals surface area contributed by atoms with E-state index in [1.807, 2.05) is 6.92 Å². The predicted octanol–water partition coefficient (Wildman–Crippen LogP) is 3.72. The number of unbranched alkanes of at least 4 members (excludes halogenated alkanes) is 14. The minimum Gasteiger partial charge on any atom is -0.748 e. The summed E-state index contributed by atoms with van der Waals surface area (Å²) >= 11 is 0. The summed E-state index contributed by atoms with van der Waals surface area (Å²) in [5.74, 6) is 0. The molecule has 0 fully saturated rings. The van der Waals surface area contributed by atoms with Crippen LogP contribution >= 0.6 is 0 Å². The van der Waals surface area contributed by atoms with Crippen molar-refractivity contribution >= 4 is 10.1 Å². The van der Waals surface area contributed by atoms with Crippen LogP contribution in [0.3, 0.4) is 0 Å². The van der Waals surface area contributed by atoms with Crippen molar-refractivity contribution in [2.45, 2.75) is 147 Å². The maximum atomic E-state index is 11.4. The molecule has 0 spiro atoms. The van der Waals surface area contributed by atoms with E-state index < -0.39 is 21.5 Å². The third-order valence-corrected chi connectivity index (χ3v) is 6.96. The first-order chi connectivity index (χ1) is 13.4. The Hall–Kier alpha value is 1.51. The predicted molar refractivity (Wildman–Crippen MR) is 119 cm³/mol. The Bertz CT molecular complexity index is 429. The first kappa shape index (κ1) is 32.7. The van der Waals surface area contributed by atoms with Gasteiger partial charge in [0, 0.05) is 0 Å². The Morgan fingerprint density at radius 1 is 0.655 bits per heavy atom. The monoisotopic (exact) mass is 458 g/mol. The molecule has 0 aromatic carbocycles. The molecule has 0 aliphatic rings. The van der Waals surface area contributed by atoms with Gasteiger partial charge < -0.3 is 9.66 Å². The summed E-state index contributed by atoms with van der Waals surface area (Å²) in [6, 6.07) is 0. The zero-order valence-electron chi connectivity index (χ0n) is 19.7. The topological polar surface area (TPSA) is 77.4 Å². The number of aliphatic hydroxyl groups is 1. The van der Waals surface area contributed by atoms with Crippen LogP contribution in [0.5, 0.6) is 0 Å². The van der Waals surface area contributed by atoms with Crippen LogP contribution in [0.15, 0.2) is 0 Å². The smallest absolute Gasteiger partial charge is 0.748 e. The van der Waals surface area contributed by atoms with Gasteiger partial charge in [-0.25, -0.2) is 8.42 Å². The van der Waals surface area contributed by atoms with E-state index in [9.17, 15) is 18.1 Å². The van der Waals surface area contributed by atoms with Crippen molar-refractivity contribution in [2.75, 3.05) is 0 Å². The molecular formula is C23H47KO4S. The van der Waals surface area contributed by atoms with Gasteiger partial charge in [-0.1, -0.05) is 117 Å². The van der Waals surface area contributed by atoms with Gasteiger partial charge in [-0.3, -0.25) is 0 Å². The molecule has 170 valence electrons. The number of hydrogen-bond donors (Lipinski definition) is 1. The van der Waals surface area contributed by atoms with Gasteiger partial charge in [0.15, 0.2) is 0 Å². The van der Waals surface area contributed by atoms with Crippen LogP contribution in [0.1, 0.15) is 136 Å². The first-order valence-corrected chi connectivity index (χ1v) is 13.5. The Morgan fingerprint density at radius 2 is 1.00 bits per heavy atom. The van der Waals surface area contributed by atoms with E-state index >= 15 is 0 Å². The molecule has 0 saturated heterocycles. The zero-order valence-corrected chi connectivity index (χ0v) is 23.6. The Balaban J connectivity index is 0. The molecule has 0 aliphatic heterocycles. The van der Waals surface area contributed by atoms with Gasteiger partial charge in [0.2, 0.25) is 0 Å². The summed E-state index contributed by atoms with van der Waals surface area (Å²) < 4.78 is 34.2. The molecule has 0 aromatic heterocycles. The number of hydrogen-bond acceptors (Lipinski definition) is 4. The maximum absolute atomic E-state index is 11.4. The SMILES string of the molecule is CCCCCCCCCCCCCCCC(O)CC(CCCCC)S(=O)(=O)[O-].[K+]. The Morgan fingerprint density at radius 3 is 1.41 bits per heavy atom. The Kier molecular flexibility index (Phi) is 25.6. The van der Waals surface area contributed by atoms with Crippen molar-refractivity contribution in [1.29, 1.82) is 0 Å². The molecule has 0 amide bonds. The van der Waals surface area contributed by atoms with E-state index in [2.05, 4.69) is 6.92 Å². The molecule has 6 heteroatoms. The van der Waals surface area contributed by atoms with Crippen molar-refractivity contribution in [3.8, 4) is 0 Å². The van der Waals surface area contributed by atoms with E-state index in [0.29, 0.717) is 12.8 Å². The molecule has 2 unspecified atom stereocenters. The molecule has 0 rings (SSSR count). The van der Waals surface area contributed by atoms with Crippen LogP contribution in [0.25, 0.3) is 0 Å². The van der Waals surface area contributed by atoms with Crippen molar-refractivity contribution < 1.29 is 69.5 Å². The maximum Gasteiger partial charge on any atom is 1.00 e. The molecule has 0 radical (unpaired) electrons. The van der Waals surface area contributed by atoms with Crippen molar-refractivity contribution in [2.24, 2.45) is 0 Å². The third kappa shape index (κ3) is 22.5. The second kappa shape index (κ2) is 22.7. The normalized spacial score (nSPS) is 13.8. The van der Waals surface area contributed by atoms with E-state index in [1.54, 1.807) is 0 Å². The van der Waals surface area contributed by atoms with Crippen LogP contribution in [0, 0.1) is 0 Å². The van der Waals surface area contributed by atoms with Gasteiger partial charge in [0.25, 0.3) is 0 Å². The van der Waals surface area contributed by atoms with E-state index in [-0.39, 0.29) is 57.8 Å². The fourth-order valence-electron chi connectivity index (χ4n) is 3.82. The van der Waals surface area contributed by atoms with Crippen LogP contribution in [0.4, 0.5) is 0 Å². The average Bonchev–Trinajstić information content (AvgIpc) is 2.64. The van der Waals surface area contributed by atoms with Crippen LogP contribution in [0.2, 0.25) is 0 Å². The van der Waals surface area contributed by atoms with Gasteiger partial charge in [-0.15, -0.1) is 0 Å². The van der Waals surface area contributed by atoms with Gasteiger partial charge in [-0.05, 0) is 19.3 Å². The molecule has 0 heterocycles. The molecule has 1 N–H and O–H groups in total. The quantitative estimate of drug-likeness (QED) is 0.162. The summed E-state index contributed by atoms with van der Waals surface area (Å²) in [5.41, 5.74) is 0. The van der Waals surface area contributed by atoms with Crippen molar-refractivity contribution in [1.82, 2.24) is 0 Å². The number of aliphatic hydroxyl groups excluding tert-OH is 1. The van der Waals surface area contributed by atoms with E-state index in [4.69, 9.17) is 0 Å². The zero-order chi connectivity index (χ0) is 21.1. The Labute approximate surface area is 224 Å². The molecule has 0 bridgehead atoms. The van der Waals surface area contributed by atoms with Gasteiger partial charge in [-0.2, -0.15) is 0 Å². The molecule has 4 nitrogen and oxygen atoms in total. The van der Waals surface area contributed by atoms with Gasteiger partial charge in [0.05, 0.1) is 21.5 Å². The van der Waals surface area contributed by atoms with Crippen molar-refractivity contribution in [3.05, 3.63) is 0 Å². The second-order valence-electron chi connectivity index (χ2n) is 8.53.